The predicted molar refractivity (Wildman–Crippen MR) is 67.2 cm³/mol. The summed E-state index contributed by atoms with van der Waals surface area (Å²) >= 11 is 0. The second-order valence-electron chi connectivity index (χ2n) is 4.32. The molecule has 0 heterocycles. The van der Waals surface area contributed by atoms with Crippen molar-refractivity contribution in [2.75, 3.05) is 6.61 Å². The van der Waals surface area contributed by atoms with Gasteiger partial charge in [-0.1, -0.05) is 37.3 Å². The number of nitrogens with two attached hydrogens (primary N) is 1. The largest absolute Gasteiger partial charge is 0.394 e. The van der Waals surface area contributed by atoms with E-state index in [-0.39, 0.29) is 30.5 Å². The quantitative estimate of drug-likeness (QED) is 0.708. The fourth-order valence-corrected chi connectivity index (χ4v) is 1.55. The number of aliphatic hydroxyl groups is 1. The van der Waals surface area contributed by atoms with Crippen molar-refractivity contribution < 1.29 is 9.90 Å². The highest BCUT2D eigenvalue weighted by molar-refractivity contribution is 5.79. The van der Waals surface area contributed by atoms with E-state index >= 15 is 0 Å². The summed E-state index contributed by atoms with van der Waals surface area (Å²) in [7, 11) is 0. The molecule has 0 saturated carbocycles. The molecular weight excluding hydrogens is 216 g/mol. The van der Waals surface area contributed by atoms with Crippen LogP contribution in [-0.4, -0.2) is 23.7 Å². The van der Waals surface area contributed by atoms with Gasteiger partial charge in [0.2, 0.25) is 5.91 Å². The SMILES string of the molecule is CC(CO)NC(=O)C(C)C(N)c1ccccc1. The van der Waals surface area contributed by atoms with Crippen molar-refractivity contribution >= 4 is 5.91 Å². The third-order valence-electron chi connectivity index (χ3n) is 2.80. The Balaban J connectivity index is 2.63. The van der Waals surface area contributed by atoms with E-state index in [1.165, 1.54) is 0 Å². The van der Waals surface area contributed by atoms with E-state index in [2.05, 4.69) is 5.32 Å². The summed E-state index contributed by atoms with van der Waals surface area (Å²) in [4.78, 5) is 11.8. The normalized spacial score (nSPS) is 16.0. The number of benzene rings is 1. The van der Waals surface area contributed by atoms with E-state index in [0.29, 0.717) is 0 Å². The number of carbonyl (C=O) groups is 1. The van der Waals surface area contributed by atoms with E-state index in [1.54, 1.807) is 13.8 Å². The van der Waals surface area contributed by atoms with Crippen LogP contribution in [0.1, 0.15) is 25.5 Å². The second kappa shape index (κ2) is 6.37. The minimum Gasteiger partial charge on any atom is -0.394 e. The molecule has 1 aromatic rings. The topological polar surface area (TPSA) is 75.3 Å². The first kappa shape index (κ1) is 13.7. The van der Waals surface area contributed by atoms with Crippen molar-refractivity contribution in [3.8, 4) is 0 Å². The molecule has 0 spiro atoms. The third-order valence-corrected chi connectivity index (χ3v) is 2.80. The number of rotatable bonds is 5. The molecule has 4 N–H and O–H groups in total. The molecule has 0 aromatic heterocycles. The molecule has 94 valence electrons. The summed E-state index contributed by atoms with van der Waals surface area (Å²) in [6.45, 7) is 3.47. The lowest BCUT2D eigenvalue weighted by atomic mass is 9.94. The summed E-state index contributed by atoms with van der Waals surface area (Å²) in [5, 5.41) is 11.6. The number of aliphatic hydroxyl groups excluding tert-OH is 1. The molecule has 0 aliphatic heterocycles. The fraction of sp³-hybridized carbons (Fsp3) is 0.462. The molecule has 0 aliphatic carbocycles. The zero-order valence-corrected chi connectivity index (χ0v) is 10.3. The summed E-state index contributed by atoms with van der Waals surface area (Å²) < 4.78 is 0. The lowest BCUT2D eigenvalue weighted by molar-refractivity contribution is -0.126. The van der Waals surface area contributed by atoms with Crippen LogP contribution >= 0.6 is 0 Å². The van der Waals surface area contributed by atoms with E-state index < -0.39 is 0 Å². The van der Waals surface area contributed by atoms with Crippen LogP contribution in [-0.2, 0) is 4.79 Å². The van der Waals surface area contributed by atoms with Crippen LogP contribution in [0.3, 0.4) is 0 Å². The molecule has 1 amide bonds. The van der Waals surface area contributed by atoms with Gasteiger partial charge >= 0.3 is 0 Å². The molecule has 4 heteroatoms. The Kier molecular flexibility index (Phi) is 5.12. The maximum atomic E-state index is 11.8. The van der Waals surface area contributed by atoms with Crippen molar-refractivity contribution in [2.24, 2.45) is 11.7 Å². The zero-order valence-electron chi connectivity index (χ0n) is 10.3. The van der Waals surface area contributed by atoms with Crippen LogP contribution in [0.2, 0.25) is 0 Å². The molecule has 3 unspecified atom stereocenters. The Labute approximate surface area is 102 Å². The lowest BCUT2D eigenvalue weighted by Gasteiger charge is -2.21. The average molecular weight is 236 g/mol. The van der Waals surface area contributed by atoms with Crippen molar-refractivity contribution in [3.63, 3.8) is 0 Å². The molecule has 4 nitrogen and oxygen atoms in total. The van der Waals surface area contributed by atoms with Crippen molar-refractivity contribution in [2.45, 2.75) is 25.9 Å². The highest BCUT2D eigenvalue weighted by Crippen LogP contribution is 2.19. The molecule has 3 atom stereocenters. The highest BCUT2D eigenvalue weighted by Gasteiger charge is 2.22. The molecule has 0 bridgehead atoms. The number of carbonyl (C=O) groups excluding carboxylic acids is 1. The fourth-order valence-electron chi connectivity index (χ4n) is 1.55. The van der Waals surface area contributed by atoms with Gasteiger partial charge in [-0.25, -0.2) is 0 Å². The van der Waals surface area contributed by atoms with Gasteiger partial charge in [-0.2, -0.15) is 0 Å². The standard InChI is InChI=1S/C13H20N2O2/c1-9(8-16)15-13(17)10(2)12(14)11-6-4-3-5-7-11/h3-7,9-10,12,16H,8,14H2,1-2H3,(H,15,17). The molecule has 1 rings (SSSR count). The van der Waals surface area contributed by atoms with Crippen LogP contribution in [0, 0.1) is 5.92 Å². The Hall–Kier alpha value is -1.39. The van der Waals surface area contributed by atoms with Gasteiger partial charge in [0.15, 0.2) is 0 Å². The van der Waals surface area contributed by atoms with Gasteiger partial charge in [-0.3, -0.25) is 4.79 Å². The maximum absolute atomic E-state index is 11.8. The van der Waals surface area contributed by atoms with Crippen LogP contribution in [0.25, 0.3) is 0 Å². The number of hydrogen-bond donors (Lipinski definition) is 3. The van der Waals surface area contributed by atoms with E-state index in [4.69, 9.17) is 10.8 Å². The summed E-state index contributed by atoms with van der Waals surface area (Å²) in [5.74, 6) is -0.464. The van der Waals surface area contributed by atoms with Crippen molar-refractivity contribution in [3.05, 3.63) is 35.9 Å². The molecule has 1 aromatic carbocycles. The van der Waals surface area contributed by atoms with Crippen molar-refractivity contribution in [1.29, 1.82) is 0 Å². The van der Waals surface area contributed by atoms with Crippen LogP contribution in [0.5, 0.6) is 0 Å². The van der Waals surface area contributed by atoms with Crippen LogP contribution in [0.15, 0.2) is 30.3 Å². The van der Waals surface area contributed by atoms with E-state index in [1.807, 2.05) is 30.3 Å². The van der Waals surface area contributed by atoms with E-state index in [9.17, 15) is 4.79 Å². The smallest absolute Gasteiger partial charge is 0.225 e. The lowest BCUT2D eigenvalue weighted by Crippen LogP contribution is -2.41. The van der Waals surface area contributed by atoms with E-state index in [0.717, 1.165) is 5.56 Å². The van der Waals surface area contributed by atoms with Crippen molar-refractivity contribution in [1.82, 2.24) is 5.32 Å². The summed E-state index contributed by atoms with van der Waals surface area (Å²) in [6.07, 6.45) is 0. The Morgan fingerprint density at radius 3 is 2.47 bits per heavy atom. The van der Waals surface area contributed by atoms with Crippen LogP contribution < -0.4 is 11.1 Å². The Morgan fingerprint density at radius 1 is 1.35 bits per heavy atom. The maximum Gasteiger partial charge on any atom is 0.225 e. The minimum absolute atomic E-state index is 0.0704. The van der Waals surface area contributed by atoms with Gasteiger partial charge < -0.3 is 16.2 Å². The van der Waals surface area contributed by atoms with Gasteiger partial charge in [0.25, 0.3) is 0 Å². The highest BCUT2D eigenvalue weighted by atomic mass is 16.3. The first-order valence-electron chi connectivity index (χ1n) is 5.78. The van der Waals surface area contributed by atoms with Gasteiger partial charge in [-0.15, -0.1) is 0 Å². The van der Waals surface area contributed by atoms with Gasteiger partial charge in [-0.05, 0) is 12.5 Å². The summed E-state index contributed by atoms with van der Waals surface area (Å²) in [6, 6.07) is 8.95. The average Bonchev–Trinajstić information content (AvgIpc) is 2.37. The molecule has 0 radical (unpaired) electrons. The zero-order chi connectivity index (χ0) is 12.8. The molecule has 17 heavy (non-hydrogen) atoms. The monoisotopic (exact) mass is 236 g/mol. The molecule has 0 saturated heterocycles. The van der Waals surface area contributed by atoms with Gasteiger partial charge in [0.1, 0.15) is 0 Å². The van der Waals surface area contributed by atoms with Gasteiger partial charge in [0, 0.05) is 12.1 Å². The molecule has 0 fully saturated rings. The Bertz CT molecular complexity index is 354. The first-order valence-corrected chi connectivity index (χ1v) is 5.78. The number of hydrogen-bond acceptors (Lipinski definition) is 3. The second-order valence-corrected chi connectivity index (χ2v) is 4.32. The number of nitrogens with one attached hydrogen (secondary N) is 1. The first-order chi connectivity index (χ1) is 8.06. The molecular formula is C13H20N2O2. The minimum atomic E-state index is -0.331. The summed E-state index contributed by atoms with van der Waals surface area (Å²) in [5.41, 5.74) is 6.97. The molecule has 0 aliphatic rings. The van der Waals surface area contributed by atoms with Crippen LogP contribution in [0.4, 0.5) is 0 Å². The Morgan fingerprint density at radius 2 is 1.94 bits per heavy atom. The predicted octanol–water partition coefficient (Wildman–Crippen LogP) is 0.820. The third kappa shape index (κ3) is 3.84. The van der Waals surface area contributed by atoms with Gasteiger partial charge in [0.05, 0.1) is 12.5 Å². The number of amides is 1.